The van der Waals surface area contributed by atoms with Crippen molar-refractivity contribution in [3.63, 3.8) is 0 Å². The fourth-order valence-corrected chi connectivity index (χ4v) is 1.88. The summed E-state index contributed by atoms with van der Waals surface area (Å²) in [6, 6.07) is 4.21. The van der Waals surface area contributed by atoms with Crippen LogP contribution < -0.4 is 5.32 Å². The van der Waals surface area contributed by atoms with Gasteiger partial charge in [-0.1, -0.05) is 0 Å². The molecular formula is C11H14IN3O. The van der Waals surface area contributed by atoms with Crippen molar-refractivity contribution in [1.29, 1.82) is 0 Å². The van der Waals surface area contributed by atoms with Gasteiger partial charge in [0.25, 0.3) is 0 Å². The van der Waals surface area contributed by atoms with E-state index in [1.807, 2.05) is 29.2 Å². The molecule has 4 nitrogen and oxygen atoms in total. The van der Waals surface area contributed by atoms with Crippen molar-refractivity contribution in [2.24, 2.45) is 0 Å². The summed E-state index contributed by atoms with van der Waals surface area (Å²) in [4.78, 5) is 0. The van der Waals surface area contributed by atoms with Crippen LogP contribution in [-0.4, -0.2) is 16.3 Å². The van der Waals surface area contributed by atoms with Gasteiger partial charge in [-0.05, 0) is 41.6 Å². The van der Waals surface area contributed by atoms with E-state index >= 15 is 0 Å². The van der Waals surface area contributed by atoms with Crippen LogP contribution in [0.3, 0.4) is 0 Å². The Hall–Kier alpha value is -0.820. The summed E-state index contributed by atoms with van der Waals surface area (Å²) in [7, 11) is 0. The molecule has 2 heterocycles. The van der Waals surface area contributed by atoms with Crippen LogP contribution in [0.15, 0.2) is 35.2 Å². The zero-order valence-electron chi connectivity index (χ0n) is 9.06. The molecule has 0 radical (unpaired) electrons. The number of nitrogens with zero attached hydrogens (tertiary/aromatic N) is 2. The van der Waals surface area contributed by atoms with E-state index in [9.17, 15) is 0 Å². The van der Waals surface area contributed by atoms with Crippen LogP contribution >= 0.6 is 22.6 Å². The largest absolute Gasteiger partial charge is 0.468 e. The number of furan rings is 1. The fourth-order valence-electron chi connectivity index (χ4n) is 1.47. The molecule has 0 spiro atoms. The van der Waals surface area contributed by atoms with E-state index in [-0.39, 0.29) is 0 Å². The lowest BCUT2D eigenvalue weighted by Gasteiger charge is -2.12. The summed E-state index contributed by atoms with van der Waals surface area (Å²) in [5, 5.41) is 7.62. The average molecular weight is 331 g/mol. The first-order valence-corrected chi connectivity index (χ1v) is 6.26. The number of nitrogens with one attached hydrogen (secondary N) is 1. The molecule has 5 heteroatoms. The minimum absolute atomic E-state index is 0.346. The van der Waals surface area contributed by atoms with Gasteiger partial charge in [-0.25, -0.2) is 0 Å². The minimum atomic E-state index is 0.346. The van der Waals surface area contributed by atoms with E-state index in [2.05, 4.69) is 39.9 Å². The van der Waals surface area contributed by atoms with Gasteiger partial charge in [0, 0.05) is 12.7 Å². The first kappa shape index (κ1) is 11.7. The van der Waals surface area contributed by atoms with Crippen molar-refractivity contribution in [2.45, 2.75) is 19.5 Å². The second-order valence-corrected chi connectivity index (χ2v) is 4.94. The summed E-state index contributed by atoms with van der Waals surface area (Å²) >= 11 is 2.26. The molecule has 16 heavy (non-hydrogen) atoms. The van der Waals surface area contributed by atoms with Crippen LogP contribution in [0, 0.1) is 3.57 Å². The molecule has 1 atom stereocenters. The zero-order chi connectivity index (χ0) is 11.4. The Labute approximate surface area is 108 Å². The third-order valence-corrected chi connectivity index (χ3v) is 2.90. The highest BCUT2D eigenvalue weighted by Gasteiger charge is 2.05. The Morgan fingerprint density at radius 3 is 3.12 bits per heavy atom. The van der Waals surface area contributed by atoms with Crippen molar-refractivity contribution in [1.82, 2.24) is 15.1 Å². The number of hydrogen-bond donors (Lipinski definition) is 1. The second-order valence-electron chi connectivity index (χ2n) is 3.70. The van der Waals surface area contributed by atoms with Crippen LogP contribution in [0.5, 0.6) is 0 Å². The average Bonchev–Trinajstić information content (AvgIpc) is 2.89. The molecule has 0 aliphatic heterocycles. The first-order valence-electron chi connectivity index (χ1n) is 5.18. The number of halogens is 1. The normalized spacial score (nSPS) is 12.9. The summed E-state index contributed by atoms with van der Waals surface area (Å²) in [5.41, 5.74) is 0. The predicted octanol–water partition coefficient (Wildman–Crippen LogP) is 2.43. The van der Waals surface area contributed by atoms with E-state index in [1.165, 1.54) is 0 Å². The third kappa shape index (κ3) is 3.08. The molecule has 1 unspecified atom stereocenters. The van der Waals surface area contributed by atoms with E-state index in [4.69, 9.17) is 4.42 Å². The third-order valence-electron chi connectivity index (χ3n) is 2.34. The maximum Gasteiger partial charge on any atom is 0.117 e. The van der Waals surface area contributed by atoms with Crippen LogP contribution in [0.1, 0.15) is 18.7 Å². The summed E-state index contributed by atoms with van der Waals surface area (Å²) in [6.07, 6.45) is 5.60. The maximum atomic E-state index is 5.24. The molecule has 2 aromatic rings. The van der Waals surface area contributed by atoms with E-state index in [0.29, 0.717) is 6.04 Å². The smallest absolute Gasteiger partial charge is 0.117 e. The SMILES string of the molecule is CC(CNCc1ccco1)n1cc(I)cn1. The van der Waals surface area contributed by atoms with Crippen molar-refractivity contribution < 1.29 is 4.42 Å². The molecule has 0 fully saturated rings. The van der Waals surface area contributed by atoms with Crippen LogP contribution in [0.2, 0.25) is 0 Å². The molecular weight excluding hydrogens is 317 g/mol. The van der Waals surface area contributed by atoms with Crippen molar-refractivity contribution in [2.75, 3.05) is 6.54 Å². The molecule has 86 valence electrons. The van der Waals surface area contributed by atoms with Crippen LogP contribution in [0.25, 0.3) is 0 Å². The van der Waals surface area contributed by atoms with Crippen molar-refractivity contribution >= 4 is 22.6 Å². The van der Waals surface area contributed by atoms with Gasteiger partial charge in [0.05, 0.1) is 28.6 Å². The lowest BCUT2D eigenvalue weighted by Crippen LogP contribution is -2.23. The Balaban J connectivity index is 1.78. The maximum absolute atomic E-state index is 5.24. The Morgan fingerprint density at radius 1 is 1.62 bits per heavy atom. The highest BCUT2D eigenvalue weighted by atomic mass is 127. The van der Waals surface area contributed by atoms with Gasteiger partial charge in [-0.3, -0.25) is 4.68 Å². The molecule has 0 amide bonds. The molecule has 2 rings (SSSR count). The van der Waals surface area contributed by atoms with E-state index in [1.54, 1.807) is 6.26 Å². The van der Waals surface area contributed by atoms with Gasteiger partial charge in [-0.15, -0.1) is 0 Å². The van der Waals surface area contributed by atoms with E-state index in [0.717, 1.165) is 22.4 Å². The summed E-state index contributed by atoms with van der Waals surface area (Å²) in [5.74, 6) is 0.960. The Morgan fingerprint density at radius 2 is 2.50 bits per heavy atom. The molecule has 0 aliphatic rings. The summed E-state index contributed by atoms with van der Waals surface area (Å²) in [6.45, 7) is 3.77. The van der Waals surface area contributed by atoms with Gasteiger partial charge in [0.1, 0.15) is 5.76 Å². The fraction of sp³-hybridized carbons (Fsp3) is 0.364. The predicted molar refractivity (Wildman–Crippen MR) is 70.1 cm³/mol. The quantitative estimate of drug-likeness (QED) is 0.856. The van der Waals surface area contributed by atoms with Gasteiger partial charge in [0.15, 0.2) is 0 Å². The van der Waals surface area contributed by atoms with Crippen molar-refractivity contribution in [3.05, 3.63) is 40.1 Å². The molecule has 0 saturated heterocycles. The lowest BCUT2D eigenvalue weighted by atomic mass is 10.3. The molecule has 0 saturated carbocycles. The van der Waals surface area contributed by atoms with E-state index < -0.39 is 0 Å². The molecule has 0 aliphatic carbocycles. The van der Waals surface area contributed by atoms with Gasteiger partial charge < -0.3 is 9.73 Å². The number of aromatic nitrogens is 2. The molecule has 2 aromatic heterocycles. The highest BCUT2D eigenvalue weighted by Crippen LogP contribution is 2.08. The molecule has 0 aromatic carbocycles. The lowest BCUT2D eigenvalue weighted by molar-refractivity contribution is 0.427. The Bertz CT molecular complexity index is 424. The van der Waals surface area contributed by atoms with Crippen molar-refractivity contribution in [3.8, 4) is 0 Å². The topological polar surface area (TPSA) is 43.0 Å². The Kier molecular flexibility index (Phi) is 4.00. The monoisotopic (exact) mass is 331 g/mol. The highest BCUT2D eigenvalue weighted by molar-refractivity contribution is 14.1. The van der Waals surface area contributed by atoms with Crippen LogP contribution in [-0.2, 0) is 6.54 Å². The first-order chi connectivity index (χ1) is 7.75. The van der Waals surface area contributed by atoms with Crippen LogP contribution in [0.4, 0.5) is 0 Å². The summed E-state index contributed by atoms with van der Waals surface area (Å²) < 4.78 is 8.37. The number of rotatable bonds is 5. The van der Waals surface area contributed by atoms with Gasteiger partial charge in [0.2, 0.25) is 0 Å². The standard InChI is InChI=1S/C11H14IN3O/c1-9(15-8-10(12)6-14-15)5-13-7-11-3-2-4-16-11/h2-4,6,8-9,13H,5,7H2,1H3. The molecule has 0 bridgehead atoms. The minimum Gasteiger partial charge on any atom is -0.468 e. The second kappa shape index (κ2) is 5.49. The zero-order valence-corrected chi connectivity index (χ0v) is 11.2. The number of hydrogen-bond acceptors (Lipinski definition) is 3. The molecule has 1 N–H and O–H groups in total. The van der Waals surface area contributed by atoms with Gasteiger partial charge in [-0.2, -0.15) is 5.10 Å². The van der Waals surface area contributed by atoms with Gasteiger partial charge >= 0.3 is 0 Å².